The van der Waals surface area contributed by atoms with E-state index in [1.165, 1.54) is 19.4 Å². The van der Waals surface area contributed by atoms with Crippen molar-refractivity contribution in [3.05, 3.63) is 12.7 Å². The highest BCUT2D eigenvalue weighted by molar-refractivity contribution is 9.09. The van der Waals surface area contributed by atoms with Gasteiger partial charge in [-0.15, -0.1) is 6.58 Å². The molecule has 0 amide bonds. The van der Waals surface area contributed by atoms with E-state index >= 15 is 0 Å². The first-order chi connectivity index (χ1) is 4.88. The summed E-state index contributed by atoms with van der Waals surface area (Å²) in [5.74, 6) is 0. The van der Waals surface area contributed by atoms with Crippen molar-refractivity contribution in [2.75, 3.05) is 18.4 Å². The molecule has 0 aromatic rings. The van der Waals surface area contributed by atoms with Crippen LogP contribution >= 0.6 is 15.9 Å². The SMILES string of the molecule is C=CCN1CCCC1CBr. The Bertz CT molecular complexity index is 114. The summed E-state index contributed by atoms with van der Waals surface area (Å²) in [5.41, 5.74) is 0. The zero-order valence-electron chi connectivity index (χ0n) is 6.22. The first-order valence-corrected chi connectivity index (χ1v) is 4.91. The van der Waals surface area contributed by atoms with Crippen LogP contribution in [0, 0.1) is 0 Å². The number of alkyl halides is 1. The minimum atomic E-state index is 0.762. The fourth-order valence-electron chi connectivity index (χ4n) is 1.48. The molecule has 1 nitrogen and oxygen atoms in total. The lowest BCUT2D eigenvalue weighted by molar-refractivity contribution is 0.303. The lowest BCUT2D eigenvalue weighted by atomic mass is 10.2. The van der Waals surface area contributed by atoms with E-state index in [1.54, 1.807) is 0 Å². The fraction of sp³-hybridized carbons (Fsp3) is 0.750. The fourth-order valence-corrected chi connectivity index (χ4v) is 2.21. The average molecular weight is 204 g/mol. The molecule has 0 radical (unpaired) electrons. The van der Waals surface area contributed by atoms with Crippen LogP contribution in [0.4, 0.5) is 0 Å². The van der Waals surface area contributed by atoms with Gasteiger partial charge in [0.2, 0.25) is 0 Å². The Balaban J connectivity index is 2.34. The summed E-state index contributed by atoms with van der Waals surface area (Å²) in [4.78, 5) is 2.47. The van der Waals surface area contributed by atoms with Crippen molar-refractivity contribution < 1.29 is 0 Å². The topological polar surface area (TPSA) is 3.24 Å². The molecule has 2 heteroatoms. The molecule has 0 aromatic carbocycles. The van der Waals surface area contributed by atoms with Gasteiger partial charge in [-0.25, -0.2) is 0 Å². The summed E-state index contributed by atoms with van der Waals surface area (Å²) < 4.78 is 0. The molecule has 10 heavy (non-hydrogen) atoms. The van der Waals surface area contributed by atoms with Gasteiger partial charge in [0.1, 0.15) is 0 Å². The van der Waals surface area contributed by atoms with Gasteiger partial charge >= 0.3 is 0 Å². The molecule has 0 bridgehead atoms. The molecular formula is C8H14BrN. The standard InChI is InChI=1S/C8H14BrN/c1-2-5-10-6-3-4-8(10)7-9/h2,8H,1,3-7H2. The van der Waals surface area contributed by atoms with E-state index in [9.17, 15) is 0 Å². The van der Waals surface area contributed by atoms with Crippen LogP contribution in [0.25, 0.3) is 0 Å². The van der Waals surface area contributed by atoms with Gasteiger partial charge in [0, 0.05) is 17.9 Å². The predicted molar refractivity (Wildman–Crippen MR) is 48.6 cm³/mol. The van der Waals surface area contributed by atoms with Crippen molar-refractivity contribution in [2.45, 2.75) is 18.9 Å². The second kappa shape index (κ2) is 4.14. The molecule has 0 aromatic heterocycles. The Morgan fingerprint density at radius 1 is 1.70 bits per heavy atom. The summed E-state index contributed by atoms with van der Waals surface area (Å²) in [6.45, 7) is 6.04. The van der Waals surface area contributed by atoms with Crippen LogP contribution in [0.15, 0.2) is 12.7 Å². The van der Waals surface area contributed by atoms with E-state index in [0.29, 0.717) is 0 Å². The lowest BCUT2D eigenvalue weighted by Gasteiger charge is -2.20. The van der Waals surface area contributed by atoms with Crippen molar-refractivity contribution in [2.24, 2.45) is 0 Å². The average Bonchev–Trinajstić information content (AvgIpc) is 2.36. The Morgan fingerprint density at radius 2 is 2.50 bits per heavy atom. The van der Waals surface area contributed by atoms with Crippen LogP contribution in [0.1, 0.15) is 12.8 Å². The van der Waals surface area contributed by atoms with Crippen LogP contribution in [0.5, 0.6) is 0 Å². The zero-order chi connectivity index (χ0) is 7.40. The highest BCUT2D eigenvalue weighted by Gasteiger charge is 2.21. The number of halogens is 1. The van der Waals surface area contributed by atoms with E-state index in [2.05, 4.69) is 27.4 Å². The predicted octanol–water partition coefficient (Wildman–Crippen LogP) is 2.03. The van der Waals surface area contributed by atoms with Gasteiger partial charge in [-0.3, -0.25) is 4.90 Å². The monoisotopic (exact) mass is 203 g/mol. The van der Waals surface area contributed by atoms with E-state index in [-0.39, 0.29) is 0 Å². The molecule has 0 saturated carbocycles. The molecule has 1 rings (SSSR count). The third kappa shape index (κ3) is 1.83. The summed E-state index contributed by atoms with van der Waals surface area (Å²) in [5, 5.41) is 1.11. The molecule has 0 aliphatic carbocycles. The van der Waals surface area contributed by atoms with Gasteiger partial charge in [0.15, 0.2) is 0 Å². The maximum absolute atomic E-state index is 3.74. The molecule has 1 atom stereocenters. The molecule has 0 N–H and O–H groups in total. The smallest absolute Gasteiger partial charge is 0.0196 e. The van der Waals surface area contributed by atoms with E-state index in [4.69, 9.17) is 0 Å². The van der Waals surface area contributed by atoms with Crippen LogP contribution in [-0.4, -0.2) is 29.4 Å². The van der Waals surface area contributed by atoms with Crippen LogP contribution in [-0.2, 0) is 0 Å². The van der Waals surface area contributed by atoms with Gasteiger partial charge in [0.05, 0.1) is 0 Å². The number of hydrogen-bond donors (Lipinski definition) is 0. The zero-order valence-corrected chi connectivity index (χ0v) is 7.81. The van der Waals surface area contributed by atoms with Crippen LogP contribution in [0.3, 0.4) is 0 Å². The van der Waals surface area contributed by atoms with Gasteiger partial charge in [-0.2, -0.15) is 0 Å². The number of nitrogens with zero attached hydrogens (tertiary/aromatic N) is 1. The minimum Gasteiger partial charge on any atom is -0.296 e. The first-order valence-electron chi connectivity index (χ1n) is 3.79. The maximum atomic E-state index is 3.74. The second-order valence-electron chi connectivity index (χ2n) is 2.73. The number of hydrogen-bond acceptors (Lipinski definition) is 1. The van der Waals surface area contributed by atoms with Crippen molar-refractivity contribution in [1.29, 1.82) is 0 Å². The van der Waals surface area contributed by atoms with Crippen molar-refractivity contribution in [3.63, 3.8) is 0 Å². The van der Waals surface area contributed by atoms with E-state index in [1.807, 2.05) is 6.08 Å². The van der Waals surface area contributed by atoms with Crippen molar-refractivity contribution >= 4 is 15.9 Å². The van der Waals surface area contributed by atoms with Crippen LogP contribution < -0.4 is 0 Å². The van der Waals surface area contributed by atoms with Crippen LogP contribution in [0.2, 0.25) is 0 Å². The Morgan fingerprint density at radius 3 is 3.10 bits per heavy atom. The highest BCUT2D eigenvalue weighted by Crippen LogP contribution is 2.17. The Labute approximate surface area is 71.2 Å². The third-order valence-corrected chi connectivity index (χ3v) is 2.79. The molecule has 1 aliphatic heterocycles. The normalized spacial score (nSPS) is 27.1. The number of likely N-dealkylation sites (tertiary alicyclic amines) is 1. The first kappa shape index (κ1) is 8.28. The summed E-state index contributed by atoms with van der Waals surface area (Å²) >= 11 is 3.51. The molecule has 1 unspecified atom stereocenters. The number of rotatable bonds is 3. The molecule has 1 aliphatic rings. The quantitative estimate of drug-likeness (QED) is 0.502. The maximum Gasteiger partial charge on any atom is 0.0196 e. The Kier molecular flexibility index (Phi) is 3.43. The Hall–Kier alpha value is 0.180. The molecule has 58 valence electrons. The van der Waals surface area contributed by atoms with Gasteiger partial charge < -0.3 is 0 Å². The molecule has 0 spiro atoms. The summed E-state index contributed by atoms with van der Waals surface area (Å²) in [6, 6.07) is 0.762. The van der Waals surface area contributed by atoms with Gasteiger partial charge in [-0.05, 0) is 19.4 Å². The molecular weight excluding hydrogens is 190 g/mol. The van der Waals surface area contributed by atoms with Gasteiger partial charge in [0.25, 0.3) is 0 Å². The molecule has 1 heterocycles. The second-order valence-corrected chi connectivity index (χ2v) is 3.38. The molecule has 1 saturated heterocycles. The highest BCUT2D eigenvalue weighted by atomic mass is 79.9. The largest absolute Gasteiger partial charge is 0.296 e. The van der Waals surface area contributed by atoms with E-state index < -0.39 is 0 Å². The van der Waals surface area contributed by atoms with E-state index in [0.717, 1.165) is 17.9 Å². The van der Waals surface area contributed by atoms with Crippen molar-refractivity contribution in [1.82, 2.24) is 4.90 Å². The van der Waals surface area contributed by atoms with Gasteiger partial charge in [-0.1, -0.05) is 22.0 Å². The minimum absolute atomic E-state index is 0.762. The van der Waals surface area contributed by atoms with Crippen molar-refractivity contribution in [3.8, 4) is 0 Å². The third-order valence-electron chi connectivity index (χ3n) is 2.04. The lowest BCUT2D eigenvalue weighted by Crippen LogP contribution is -2.30. The summed E-state index contributed by atoms with van der Waals surface area (Å²) in [6.07, 6.45) is 4.68. The molecule has 1 fully saturated rings. The summed E-state index contributed by atoms with van der Waals surface area (Å²) in [7, 11) is 0.